The molecule has 6 heteroatoms. The summed E-state index contributed by atoms with van der Waals surface area (Å²) in [5.41, 5.74) is 0. The van der Waals surface area contributed by atoms with Crippen molar-refractivity contribution in [3.63, 3.8) is 0 Å². The average molecular weight is 397 g/mol. The molecular formula is C17H21BrN2O2S. The Morgan fingerprint density at radius 3 is 2.70 bits per heavy atom. The molecule has 0 fully saturated rings. The molecule has 4 nitrogen and oxygen atoms in total. The molecule has 0 aliphatic rings. The second-order valence-electron chi connectivity index (χ2n) is 5.02. The first-order valence-corrected chi connectivity index (χ1v) is 9.19. The fourth-order valence-electron chi connectivity index (χ4n) is 2.07. The van der Waals surface area contributed by atoms with E-state index in [2.05, 4.69) is 39.1 Å². The lowest BCUT2D eigenvalue weighted by Crippen LogP contribution is -2.38. The first kappa shape index (κ1) is 18.0. The molecule has 23 heavy (non-hydrogen) atoms. The SMILES string of the molecule is CCN(CC(=O)NCCOc1ccccc1)Cc1ccc(Br)s1. The number of amides is 1. The zero-order valence-corrected chi connectivity index (χ0v) is 15.5. The third kappa shape index (κ3) is 6.72. The number of carbonyl (C=O) groups is 1. The van der Waals surface area contributed by atoms with Crippen LogP contribution in [0.4, 0.5) is 0 Å². The Labute approximate surface area is 149 Å². The maximum Gasteiger partial charge on any atom is 0.234 e. The van der Waals surface area contributed by atoms with Gasteiger partial charge in [0.25, 0.3) is 0 Å². The van der Waals surface area contributed by atoms with Gasteiger partial charge in [-0.05, 0) is 46.7 Å². The van der Waals surface area contributed by atoms with Crippen molar-refractivity contribution < 1.29 is 9.53 Å². The van der Waals surface area contributed by atoms with E-state index in [1.165, 1.54) is 4.88 Å². The number of nitrogens with zero attached hydrogens (tertiary/aromatic N) is 1. The molecular weight excluding hydrogens is 376 g/mol. The third-order valence-corrected chi connectivity index (χ3v) is 4.87. The lowest BCUT2D eigenvalue weighted by molar-refractivity contribution is -0.122. The Balaban J connectivity index is 1.66. The Bertz CT molecular complexity index is 604. The number of halogens is 1. The minimum atomic E-state index is 0.0270. The fraction of sp³-hybridized carbons (Fsp3) is 0.353. The summed E-state index contributed by atoms with van der Waals surface area (Å²) in [6, 6.07) is 13.7. The molecule has 0 aliphatic heterocycles. The molecule has 0 radical (unpaired) electrons. The molecule has 0 bridgehead atoms. The second-order valence-corrected chi connectivity index (χ2v) is 7.57. The number of ether oxygens (including phenoxy) is 1. The molecule has 0 aliphatic carbocycles. The van der Waals surface area contributed by atoms with Crippen molar-refractivity contribution in [1.82, 2.24) is 10.2 Å². The predicted octanol–water partition coefficient (Wildman–Crippen LogP) is 3.53. The summed E-state index contributed by atoms with van der Waals surface area (Å²) < 4.78 is 6.67. The van der Waals surface area contributed by atoms with E-state index in [0.717, 1.165) is 22.6 Å². The molecule has 2 rings (SSSR count). The fourth-order valence-corrected chi connectivity index (χ4v) is 3.60. The third-order valence-electron chi connectivity index (χ3n) is 3.26. The Morgan fingerprint density at radius 1 is 1.26 bits per heavy atom. The van der Waals surface area contributed by atoms with E-state index in [-0.39, 0.29) is 5.91 Å². The molecule has 1 amide bonds. The van der Waals surface area contributed by atoms with Gasteiger partial charge < -0.3 is 10.1 Å². The summed E-state index contributed by atoms with van der Waals surface area (Å²) in [6.45, 7) is 5.07. The van der Waals surface area contributed by atoms with Crippen LogP contribution in [0, 0.1) is 0 Å². The molecule has 1 aromatic carbocycles. The molecule has 0 atom stereocenters. The number of likely N-dealkylation sites (N-methyl/N-ethyl adjacent to an activating group) is 1. The largest absolute Gasteiger partial charge is 0.492 e. The molecule has 2 aromatic rings. The lowest BCUT2D eigenvalue weighted by atomic mass is 10.3. The Kier molecular flexibility index (Phi) is 7.58. The van der Waals surface area contributed by atoms with Crippen LogP contribution >= 0.6 is 27.3 Å². The van der Waals surface area contributed by atoms with Crippen molar-refractivity contribution in [3.05, 3.63) is 51.1 Å². The molecule has 1 heterocycles. The van der Waals surface area contributed by atoms with E-state index in [9.17, 15) is 4.79 Å². The maximum atomic E-state index is 12.0. The van der Waals surface area contributed by atoms with Crippen LogP contribution in [0.5, 0.6) is 5.75 Å². The van der Waals surface area contributed by atoms with Crippen LogP contribution in [0.25, 0.3) is 0 Å². The Morgan fingerprint density at radius 2 is 2.04 bits per heavy atom. The number of benzene rings is 1. The molecule has 0 unspecified atom stereocenters. The van der Waals surface area contributed by atoms with Gasteiger partial charge in [-0.2, -0.15) is 0 Å². The summed E-state index contributed by atoms with van der Waals surface area (Å²) >= 11 is 5.16. The van der Waals surface area contributed by atoms with Crippen LogP contribution in [0.3, 0.4) is 0 Å². The van der Waals surface area contributed by atoms with Crippen molar-refractivity contribution in [2.24, 2.45) is 0 Å². The smallest absolute Gasteiger partial charge is 0.234 e. The van der Waals surface area contributed by atoms with E-state index < -0.39 is 0 Å². The van der Waals surface area contributed by atoms with Crippen molar-refractivity contribution in [2.75, 3.05) is 26.2 Å². The molecule has 1 aromatic heterocycles. The zero-order chi connectivity index (χ0) is 16.5. The molecule has 1 N–H and O–H groups in total. The van der Waals surface area contributed by atoms with E-state index >= 15 is 0 Å². The van der Waals surface area contributed by atoms with Gasteiger partial charge in [0.15, 0.2) is 0 Å². The van der Waals surface area contributed by atoms with Gasteiger partial charge >= 0.3 is 0 Å². The van der Waals surface area contributed by atoms with Gasteiger partial charge in [-0.1, -0.05) is 25.1 Å². The highest BCUT2D eigenvalue weighted by atomic mass is 79.9. The number of hydrogen-bond acceptors (Lipinski definition) is 4. The normalized spacial score (nSPS) is 10.7. The highest BCUT2D eigenvalue weighted by molar-refractivity contribution is 9.11. The summed E-state index contributed by atoms with van der Waals surface area (Å²) in [4.78, 5) is 15.4. The maximum absolute atomic E-state index is 12.0. The lowest BCUT2D eigenvalue weighted by Gasteiger charge is -2.19. The molecule has 124 valence electrons. The predicted molar refractivity (Wildman–Crippen MR) is 97.9 cm³/mol. The first-order chi connectivity index (χ1) is 11.2. The highest BCUT2D eigenvalue weighted by Crippen LogP contribution is 2.23. The summed E-state index contributed by atoms with van der Waals surface area (Å²) in [7, 11) is 0. The van der Waals surface area contributed by atoms with Gasteiger partial charge in [-0.15, -0.1) is 11.3 Å². The number of rotatable bonds is 9. The van der Waals surface area contributed by atoms with E-state index in [0.29, 0.717) is 19.7 Å². The number of para-hydroxylation sites is 1. The monoisotopic (exact) mass is 396 g/mol. The van der Waals surface area contributed by atoms with Gasteiger partial charge in [0.1, 0.15) is 12.4 Å². The van der Waals surface area contributed by atoms with Crippen LogP contribution in [0.1, 0.15) is 11.8 Å². The molecule has 0 spiro atoms. The van der Waals surface area contributed by atoms with Crippen LogP contribution in [0.15, 0.2) is 46.3 Å². The van der Waals surface area contributed by atoms with Gasteiger partial charge in [0, 0.05) is 11.4 Å². The Hall–Kier alpha value is -1.37. The van der Waals surface area contributed by atoms with Crippen molar-refractivity contribution >= 4 is 33.2 Å². The number of hydrogen-bond donors (Lipinski definition) is 1. The van der Waals surface area contributed by atoms with E-state index in [1.807, 2.05) is 36.4 Å². The van der Waals surface area contributed by atoms with Gasteiger partial charge in [0.05, 0.1) is 16.9 Å². The summed E-state index contributed by atoms with van der Waals surface area (Å²) in [5.74, 6) is 0.847. The minimum absolute atomic E-state index is 0.0270. The van der Waals surface area contributed by atoms with E-state index in [4.69, 9.17) is 4.74 Å². The second kappa shape index (κ2) is 9.70. The van der Waals surface area contributed by atoms with Crippen LogP contribution in [0.2, 0.25) is 0 Å². The standard InChI is InChI=1S/C17H21BrN2O2S/c1-2-20(12-15-8-9-16(18)23-15)13-17(21)19-10-11-22-14-6-4-3-5-7-14/h3-9H,2,10-13H2,1H3,(H,19,21). The first-order valence-electron chi connectivity index (χ1n) is 7.58. The zero-order valence-electron chi connectivity index (χ0n) is 13.1. The van der Waals surface area contributed by atoms with E-state index in [1.54, 1.807) is 11.3 Å². The van der Waals surface area contributed by atoms with Crippen LogP contribution in [-0.2, 0) is 11.3 Å². The van der Waals surface area contributed by atoms with Crippen molar-refractivity contribution in [3.8, 4) is 5.75 Å². The topological polar surface area (TPSA) is 41.6 Å². The van der Waals surface area contributed by atoms with Crippen molar-refractivity contribution in [2.45, 2.75) is 13.5 Å². The summed E-state index contributed by atoms with van der Waals surface area (Å²) in [6.07, 6.45) is 0. The van der Waals surface area contributed by atoms with Crippen LogP contribution < -0.4 is 10.1 Å². The number of carbonyl (C=O) groups excluding carboxylic acids is 1. The van der Waals surface area contributed by atoms with Gasteiger partial charge in [-0.3, -0.25) is 9.69 Å². The average Bonchev–Trinajstić information content (AvgIpc) is 2.97. The quantitative estimate of drug-likeness (QED) is 0.659. The highest BCUT2D eigenvalue weighted by Gasteiger charge is 2.10. The van der Waals surface area contributed by atoms with Crippen molar-refractivity contribution in [1.29, 1.82) is 0 Å². The van der Waals surface area contributed by atoms with Gasteiger partial charge in [0.2, 0.25) is 5.91 Å². The molecule has 0 saturated heterocycles. The number of nitrogens with one attached hydrogen (secondary N) is 1. The van der Waals surface area contributed by atoms with Crippen LogP contribution in [-0.4, -0.2) is 37.0 Å². The molecule has 0 saturated carbocycles. The number of thiophene rings is 1. The minimum Gasteiger partial charge on any atom is -0.492 e. The summed E-state index contributed by atoms with van der Waals surface area (Å²) in [5, 5.41) is 2.90. The van der Waals surface area contributed by atoms with Gasteiger partial charge in [-0.25, -0.2) is 0 Å².